The molecule has 0 saturated heterocycles. The van der Waals surface area contributed by atoms with Crippen molar-refractivity contribution in [3.8, 4) is 22.4 Å². The summed E-state index contributed by atoms with van der Waals surface area (Å²) in [4.78, 5) is 0. The zero-order chi connectivity index (χ0) is 23.2. The molecule has 1 heterocycles. The van der Waals surface area contributed by atoms with Crippen LogP contribution < -0.4 is 0 Å². The summed E-state index contributed by atoms with van der Waals surface area (Å²) in [7, 11) is 0. The SMILES string of the molecule is C=C(C)CCCC1CCC(Cn2nc(-c3ccccc3F)c(-c3ccccc3)c2CC)CC1. The standard InChI is InChI=1S/C30H37FN2/c1-4-28-29(25-13-6-5-7-14-25)30(26-15-8-9-16-27(26)31)32-33(28)21-24-19-17-23(18-20-24)12-10-11-22(2)3/h5-9,13-16,23-24H,2,4,10-12,17-21H2,1,3H3. The van der Waals surface area contributed by atoms with Crippen LogP contribution in [0.5, 0.6) is 0 Å². The van der Waals surface area contributed by atoms with Crippen molar-refractivity contribution in [3.63, 3.8) is 0 Å². The topological polar surface area (TPSA) is 17.8 Å². The molecule has 0 aliphatic heterocycles. The van der Waals surface area contributed by atoms with Crippen molar-refractivity contribution in [3.05, 3.63) is 78.3 Å². The van der Waals surface area contributed by atoms with Gasteiger partial charge in [0, 0.05) is 23.4 Å². The maximum atomic E-state index is 14.8. The van der Waals surface area contributed by atoms with Gasteiger partial charge in [0.1, 0.15) is 11.5 Å². The summed E-state index contributed by atoms with van der Waals surface area (Å²) in [5.74, 6) is 1.29. The van der Waals surface area contributed by atoms with Crippen LogP contribution in [0, 0.1) is 17.7 Å². The van der Waals surface area contributed by atoms with Gasteiger partial charge in [0.25, 0.3) is 0 Å². The third-order valence-electron chi connectivity index (χ3n) is 7.20. The molecule has 1 aliphatic rings. The van der Waals surface area contributed by atoms with Gasteiger partial charge in [0.15, 0.2) is 0 Å². The van der Waals surface area contributed by atoms with Crippen LogP contribution in [0.4, 0.5) is 4.39 Å². The number of allylic oxidation sites excluding steroid dienone is 1. The van der Waals surface area contributed by atoms with E-state index in [-0.39, 0.29) is 5.82 Å². The first kappa shape index (κ1) is 23.5. The summed E-state index contributed by atoms with van der Waals surface area (Å²) >= 11 is 0. The second-order valence-electron chi connectivity index (χ2n) is 9.79. The highest BCUT2D eigenvalue weighted by molar-refractivity contribution is 5.83. The molecule has 0 atom stereocenters. The quantitative estimate of drug-likeness (QED) is 0.303. The molecule has 2 aromatic carbocycles. The van der Waals surface area contributed by atoms with Crippen molar-refractivity contribution in [2.45, 2.75) is 71.8 Å². The molecule has 2 nitrogen and oxygen atoms in total. The molecule has 3 heteroatoms. The minimum Gasteiger partial charge on any atom is -0.268 e. The third-order valence-corrected chi connectivity index (χ3v) is 7.20. The maximum Gasteiger partial charge on any atom is 0.132 e. The summed E-state index contributed by atoms with van der Waals surface area (Å²) in [5.41, 5.74) is 6.06. The van der Waals surface area contributed by atoms with Crippen LogP contribution in [-0.4, -0.2) is 9.78 Å². The Hall–Kier alpha value is -2.68. The predicted molar refractivity (Wildman–Crippen MR) is 137 cm³/mol. The smallest absolute Gasteiger partial charge is 0.132 e. The average molecular weight is 445 g/mol. The van der Waals surface area contributed by atoms with Crippen molar-refractivity contribution in [2.24, 2.45) is 11.8 Å². The fourth-order valence-electron chi connectivity index (χ4n) is 5.40. The monoisotopic (exact) mass is 444 g/mol. The molecule has 0 amide bonds. The molecule has 1 aromatic heterocycles. The lowest BCUT2D eigenvalue weighted by atomic mass is 9.79. The van der Waals surface area contributed by atoms with Crippen molar-refractivity contribution in [1.82, 2.24) is 9.78 Å². The molecule has 0 spiro atoms. The van der Waals surface area contributed by atoms with Crippen LogP contribution in [0.25, 0.3) is 22.4 Å². The van der Waals surface area contributed by atoms with E-state index < -0.39 is 0 Å². The van der Waals surface area contributed by atoms with E-state index in [4.69, 9.17) is 5.10 Å². The van der Waals surface area contributed by atoms with Gasteiger partial charge in [-0.15, -0.1) is 6.58 Å². The summed E-state index contributed by atoms with van der Waals surface area (Å²) in [6.07, 6.45) is 9.79. The van der Waals surface area contributed by atoms with E-state index in [1.165, 1.54) is 55.9 Å². The zero-order valence-corrected chi connectivity index (χ0v) is 20.2. The molecule has 0 bridgehead atoms. The number of benzene rings is 2. The summed E-state index contributed by atoms with van der Waals surface area (Å²) < 4.78 is 17.0. The number of aromatic nitrogens is 2. The van der Waals surface area contributed by atoms with Crippen LogP contribution in [-0.2, 0) is 13.0 Å². The Kier molecular flexibility index (Phi) is 7.80. The van der Waals surface area contributed by atoms with Crippen LogP contribution in [0.15, 0.2) is 66.7 Å². The first-order valence-corrected chi connectivity index (χ1v) is 12.6. The van der Waals surface area contributed by atoms with E-state index in [0.29, 0.717) is 11.5 Å². The molecule has 33 heavy (non-hydrogen) atoms. The molecule has 0 unspecified atom stereocenters. The van der Waals surface area contributed by atoms with Gasteiger partial charge in [-0.25, -0.2) is 4.39 Å². The van der Waals surface area contributed by atoms with E-state index in [0.717, 1.165) is 42.1 Å². The van der Waals surface area contributed by atoms with Crippen LogP contribution in [0.2, 0.25) is 0 Å². The van der Waals surface area contributed by atoms with Gasteiger partial charge in [-0.2, -0.15) is 5.10 Å². The molecule has 1 aliphatic carbocycles. The van der Waals surface area contributed by atoms with Crippen molar-refractivity contribution in [2.75, 3.05) is 0 Å². The van der Waals surface area contributed by atoms with Gasteiger partial charge < -0.3 is 0 Å². The van der Waals surface area contributed by atoms with E-state index in [1.54, 1.807) is 6.07 Å². The Morgan fingerprint density at radius 3 is 2.33 bits per heavy atom. The fourth-order valence-corrected chi connectivity index (χ4v) is 5.40. The molecular formula is C30H37FN2. The van der Waals surface area contributed by atoms with Crippen LogP contribution >= 0.6 is 0 Å². The van der Waals surface area contributed by atoms with Gasteiger partial charge in [0.2, 0.25) is 0 Å². The highest BCUT2D eigenvalue weighted by atomic mass is 19.1. The molecule has 0 radical (unpaired) electrons. The Labute approximate surface area is 198 Å². The first-order valence-electron chi connectivity index (χ1n) is 12.6. The summed E-state index contributed by atoms with van der Waals surface area (Å²) in [6.45, 7) is 9.28. The largest absolute Gasteiger partial charge is 0.268 e. The number of hydrogen-bond donors (Lipinski definition) is 0. The normalized spacial score (nSPS) is 18.4. The van der Waals surface area contributed by atoms with Gasteiger partial charge >= 0.3 is 0 Å². The Morgan fingerprint density at radius 2 is 1.67 bits per heavy atom. The molecule has 0 N–H and O–H groups in total. The van der Waals surface area contributed by atoms with E-state index in [1.807, 2.05) is 30.3 Å². The van der Waals surface area contributed by atoms with E-state index >= 15 is 0 Å². The van der Waals surface area contributed by atoms with Crippen molar-refractivity contribution in [1.29, 1.82) is 0 Å². The van der Waals surface area contributed by atoms with Gasteiger partial charge in [0.05, 0.1) is 0 Å². The molecule has 1 saturated carbocycles. The van der Waals surface area contributed by atoms with Gasteiger partial charge in [-0.3, -0.25) is 4.68 Å². The number of halogens is 1. The number of rotatable bonds is 9. The highest BCUT2D eigenvalue weighted by Gasteiger charge is 2.25. The second-order valence-corrected chi connectivity index (χ2v) is 9.79. The lowest BCUT2D eigenvalue weighted by Crippen LogP contribution is -2.20. The van der Waals surface area contributed by atoms with Gasteiger partial charge in [-0.05, 0) is 68.6 Å². The molecule has 4 rings (SSSR count). The fraction of sp³-hybridized carbons (Fsp3) is 0.433. The molecule has 3 aromatic rings. The van der Waals surface area contributed by atoms with Gasteiger partial charge in [-0.1, -0.05) is 74.2 Å². The lowest BCUT2D eigenvalue weighted by Gasteiger charge is -2.29. The van der Waals surface area contributed by atoms with E-state index in [9.17, 15) is 4.39 Å². The van der Waals surface area contributed by atoms with Crippen LogP contribution in [0.1, 0.15) is 64.5 Å². The minimum absolute atomic E-state index is 0.211. The van der Waals surface area contributed by atoms with Crippen molar-refractivity contribution >= 4 is 0 Å². The average Bonchev–Trinajstić information content (AvgIpc) is 3.18. The Bertz CT molecular complexity index is 1060. The van der Waals surface area contributed by atoms with Crippen molar-refractivity contribution < 1.29 is 4.39 Å². The number of nitrogens with zero attached hydrogens (tertiary/aromatic N) is 2. The second kappa shape index (κ2) is 11.0. The molecular weight excluding hydrogens is 407 g/mol. The van der Waals surface area contributed by atoms with E-state index in [2.05, 4.69) is 37.2 Å². The zero-order valence-electron chi connectivity index (χ0n) is 20.2. The summed E-state index contributed by atoms with van der Waals surface area (Å²) in [5, 5.41) is 5.04. The first-order chi connectivity index (χ1) is 16.1. The summed E-state index contributed by atoms with van der Waals surface area (Å²) in [6, 6.07) is 17.4. The number of hydrogen-bond acceptors (Lipinski definition) is 1. The minimum atomic E-state index is -0.211. The third kappa shape index (κ3) is 5.63. The molecule has 174 valence electrons. The highest BCUT2D eigenvalue weighted by Crippen LogP contribution is 2.38. The van der Waals surface area contributed by atoms with Crippen LogP contribution in [0.3, 0.4) is 0 Å². The predicted octanol–water partition coefficient (Wildman–Crippen LogP) is 8.47. The lowest BCUT2D eigenvalue weighted by molar-refractivity contribution is 0.233. The Morgan fingerprint density at radius 1 is 1.00 bits per heavy atom. The Balaban J connectivity index is 1.57. The maximum absolute atomic E-state index is 14.8. The molecule has 1 fully saturated rings.